The zero-order valence-corrected chi connectivity index (χ0v) is 12.9. The van der Waals surface area contributed by atoms with Gasteiger partial charge in [0, 0.05) is 12.7 Å². The van der Waals surface area contributed by atoms with Crippen LogP contribution in [0.25, 0.3) is 6.08 Å². The third-order valence-corrected chi connectivity index (χ3v) is 3.27. The summed E-state index contributed by atoms with van der Waals surface area (Å²) in [6.45, 7) is 8.75. The molecule has 0 radical (unpaired) electrons. The Balaban J connectivity index is 3.39. The van der Waals surface area contributed by atoms with Crippen LogP contribution >= 0.6 is 22.9 Å². The summed E-state index contributed by atoms with van der Waals surface area (Å²) in [7, 11) is 2.08. The highest BCUT2D eigenvalue weighted by atomic mass is 127. The van der Waals surface area contributed by atoms with Crippen LogP contribution in [0.15, 0.2) is 18.2 Å². The van der Waals surface area contributed by atoms with Crippen molar-refractivity contribution in [1.82, 2.24) is 0 Å². The van der Waals surface area contributed by atoms with Crippen LogP contribution in [0.4, 0.5) is 5.69 Å². The molecule has 0 aromatic heterocycles. The standard InChI is InChI=1S/C14H20IN/c1-6-7-13-11(4)8-12(16(5)15)9-14(13)10(2)3/h6-10H,1-5H3/b7-6-. The molecule has 0 aliphatic heterocycles. The van der Waals surface area contributed by atoms with Gasteiger partial charge in [0.2, 0.25) is 0 Å². The Kier molecular flexibility index (Phi) is 4.84. The molecular weight excluding hydrogens is 309 g/mol. The first kappa shape index (κ1) is 13.6. The number of benzene rings is 1. The minimum atomic E-state index is 0.557. The van der Waals surface area contributed by atoms with E-state index in [0.717, 1.165) is 0 Å². The van der Waals surface area contributed by atoms with Crippen LogP contribution in [-0.2, 0) is 0 Å². The SMILES string of the molecule is C/C=C\c1c(C)cc(N(C)I)cc1C(C)C. The number of anilines is 1. The molecule has 1 aromatic rings. The number of halogens is 1. The van der Waals surface area contributed by atoms with E-state index in [-0.39, 0.29) is 0 Å². The van der Waals surface area contributed by atoms with Crippen molar-refractivity contribution in [3.63, 3.8) is 0 Å². The molecule has 1 rings (SSSR count). The van der Waals surface area contributed by atoms with Gasteiger partial charge in [0.05, 0.1) is 22.9 Å². The topological polar surface area (TPSA) is 3.24 Å². The second-order valence-electron chi connectivity index (χ2n) is 4.40. The van der Waals surface area contributed by atoms with Gasteiger partial charge < -0.3 is 3.11 Å². The second-order valence-corrected chi connectivity index (χ2v) is 5.84. The van der Waals surface area contributed by atoms with Crippen molar-refractivity contribution in [2.45, 2.75) is 33.6 Å². The fourth-order valence-electron chi connectivity index (χ4n) is 1.86. The number of nitrogens with zero attached hydrogens (tertiary/aromatic N) is 1. The number of hydrogen-bond acceptors (Lipinski definition) is 1. The van der Waals surface area contributed by atoms with Crippen LogP contribution in [0.1, 0.15) is 43.4 Å². The van der Waals surface area contributed by atoms with Gasteiger partial charge in [0.25, 0.3) is 0 Å². The average Bonchev–Trinajstić information content (AvgIpc) is 2.20. The minimum Gasteiger partial charge on any atom is -0.318 e. The molecule has 1 nitrogen and oxygen atoms in total. The van der Waals surface area contributed by atoms with Crippen LogP contribution in [0.3, 0.4) is 0 Å². The fraction of sp³-hybridized carbons (Fsp3) is 0.429. The van der Waals surface area contributed by atoms with Crippen LogP contribution in [-0.4, -0.2) is 7.05 Å². The Morgan fingerprint density at radius 3 is 2.38 bits per heavy atom. The number of hydrogen-bond donors (Lipinski definition) is 0. The lowest BCUT2D eigenvalue weighted by atomic mass is 9.92. The Labute approximate surface area is 113 Å². The summed E-state index contributed by atoms with van der Waals surface area (Å²) in [5.41, 5.74) is 5.42. The van der Waals surface area contributed by atoms with E-state index in [0.29, 0.717) is 5.92 Å². The summed E-state index contributed by atoms with van der Waals surface area (Å²) >= 11 is 2.31. The summed E-state index contributed by atoms with van der Waals surface area (Å²) < 4.78 is 2.13. The lowest BCUT2D eigenvalue weighted by Crippen LogP contribution is -2.03. The Bertz CT molecular complexity index is 392. The van der Waals surface area contributed by atoms with Crippen LogP contribution in [0, 0.1) is 6.92 Å². The van der Waals surface area contributed by atoms with Gasteiger partial charge in [-0.2, -0.15) is 0 Å². The van der Waals surface area contributed by atoms with E-state index in [9.17, 15) is 0 Å². The van der Waals surface area contributed by atoms with Crippen LogP contribution in [0.2, 0.25) is 0 Å². The van der Waals surface area contributed by atoms with Gasteiger partial charge in [0.1, 0.15) is 0 Å². The lowest BCUT2D eigenvalue weighted by molar-refractivity contribution is 0.862. The van der Waals surface area contributed by atoms with Crippen LogP contribution in [0.5, 0.6) is 0 Å². The Hall–Kier alpha value is -0.510. The molecule has 16 heavy (non-hydrogen) atoms. The van der Waals surface area contributed by atoms with Gasteiger partial charge >= 0.3 is 0 Å². The van der Waals surface area contributed by atoms with E-state index >= 15 is 0 Å². The molecule has 0 saturated carbocycles. The number of allylic oxidation sites excluding steroid dienone is 1. The molecule has 0 unspecified atom stereocenters. The molecule has 0 bridgehead atoms. The molecule has 0 amide bonds. The van der Waals surface area contributed by atoms with E-state index in [1.807, 2.05) is 0 Å². The van der Waals surface area contributed by atoms with Crippen LogP contribution < -0.4 is 3.11 Å². The Morgan fingerprint density at radius 2 is 1.94 bits per heavy atom. The minimum absolute atomic E-state index is 0.557. The average molecular weight is 329 g/mol. The maximum Gasteiger partial charge on any atom is 0.0588 e. The predicted molar refractivity (Wildman–Crippen MR) is 82.4 cm³/mol. The van der Waals surface area contributed by atoms with Gasteiger partial charge in [-0.25, -0.2) is 0 Å². The molecule has 0 heterocycles. The van der Waals surface area contributed by atoms with Crippen molar-refractivity contribution in [2.24, 2.45) is 0 Å². The normalized spacial score (nSPS) is 11.4. The lowest BCUT2D eigenvalue weighted by Gasteiger charge is -2.18. The summed E-state index contributed by atoms with van der Waals surface area (Å²) in [5, 5.41) is 0. The second kappa shape index (κ2) is 5.71. The fourth-order valence-corrected chi connectivity index (χ4v) is 2.13. The van der Waals surface area contributed by atoms with E-state index in [1.54, 1.807) is 0 Å². The maximum absolute atomic E-state index is 2.31. The largest absolute Gasteiger partial charge is 0.318 e. The zero-order valence-electron chi connectivity index (χ0n) is 10.7. The monoisotopic (exact) mass is 329 g/mol. The highest BCUT2D eigenvalue weighted by Crippen LogP contribution is 2.30. The highest BCUT2D eigenvalue weighted by molar-refractivity contribution is 14.1. The van der Waals surface area contributed by atoms with Gasteiger partial charge in [-0.05, 0) is 48.6 Å². The van der Waals surface area contributed by atoms with Crippen molar-refractivity contribution in [3.05, 3.63) is 34.9 Å². The first-order valence-electron chi connectivity index (χ1n) is 5.64. The third kappa shape index (κ3) is 3.00. The molecule has 0 aliphatic rings. The molecule has 88 valence electrons. The van der Waals surface area contributed by atoms with Crippen molar-refractivity contribution in [3.8, 4) is 0 Å². The summed E-state index contributed by atoms with van der Waals surface area (Å²) in [5.74, 6) is 0.557. The molecule has 0 spiro atoms. The van der Waals surface area contributed by atoms with Crippen molar-refractivity contribution in [1.29, 1.82) is 0 Å². The van der Waals surface area contributed by atoms with Crippen molar-refractivity contribution < 1.29 is 0 Å². The molecule has 0 fully saturated rings. The van der Waals surface area contributed by atoms with Crippen molar-refractivity contribution >= 4 is 34.6 Å². The maximum atomic E-state index is 2.31. The summed E-state index contributed by atoms with van der Waals surface area (Å²) in [4.78, 5) is 0. The molecule has 0 saturated heterocycles. The predicted octanol–water partition coefficient (Wildman–Crippen LogP) is 4.94. The molecule has 1 aromatic carbocycles. The first-order valence-corrected chi connectivity index (χ1v) is 6.60. The van der Waals surface area contributed by atoms with Gasteiger partial charge in [-0.1, -0.05) is 26.0 Å². The highest BCUT2D eigenvalue weighted by Gasteiger charge is 2.10. The zero-order chi connectivity index (χ0) is 12.3. The quantitative estimate of drug-likeness (QED) is 0.561. The van der Waals surface area contributed by atoms with E-state index in [1.165, 1.54) is 22.4 Å². The molecule has 0 atom stereocenters. The third-order valence-electron chi connectivity index (χ3n) is 2.71. The summed E-state index contributed by atoms with van der Waals surface area (Å²) in [6.07, 6.45) is 4.32. The Morgan fingerprint density at radius 1 is 1.31 bits per heavy atom. The molecule has 0 N–H and O–H groups in total. The molecule has 0 aliphatic carbocycles. The van der Waals surface area contributed by atoms with Gasteiger partial charge in [-0.3, -0.25) is 0 Å². The van der Waals surface area contributed by atoms with Gasteiger partial charge in [-0.15, -0.1) is 0 Å². The molecular formula is C14H20IN. The van der Waals surface area contributed by atoms with E-state index < -0.39 is 0 Å². The smallest absolute Gasteiger partial charge is 0.0588 e. The van der Waals surface area contributed by atoms with Gasteiger partial charge in [0.15, 0.2) is 0 Å². The molecule has 2 heteroatoms. The van der Waals surface area contributed by atoms with E-state index in [4.69, 9.17) is 0 Å². The summed E-state index contributed by atoms with van der Waals surface area (Å²) in [6, 6.07) is 4.53. The number of aryl methyl sites for hydroxylation is 1. The van der Waals surface area contributed by atoms with Crippen molar-refractivity contribution in [2.75, 3.05) is 10.2 Å². The van der Waals surface area contributed by atoms with E-state index in [2.05, 4.69) is 85.0 Å². The number of rotatable bonds is 3. The first-order chi connectivity index (χ1) is 7.47.